The van der Waals surface area contributed by atoms with Crippen molar-refractivity contribution in [1.82, 2.24) is 9.80 Å². The van der Waals surface area contributed by atoms with Crippen LogP contribution in [0.1, 0.15) is 18.6 Å². The minimum absolute atomic E-state index is 0.0722. The van der Waals surface area contributed by atoms with Gasteiger partial charge in [-0.1, -0.05) is 24.0 Å². The van der Waals surface area contributed by atoms with Crippen molar-refractivity contribution in [3.05, 3.63) is 24.2 Å². The van der Waals surface area contributed by atoms with E-state index in [1.807, 2.05) is 12.1 Å². The van der Waals surface area contributed by atoms with Crippen molar-refractivity contribution in [2.45, 2.75) is 19.4 Å². The third kappa shape index (κ3) is 4.24. The predicted molar refractivity (Wildman–Crippen MR) is 81.0 cm³/mol. The fourth-order valence-corrected chi connectivity index (χ4v) is 3.14. The van der Waals surface area contributed by atoms with Crippen molar-refractivity contribution in [3.63, 3.8) is 0 Å². The Balaban J connectivity index is 1.72. The van der Waals surface area contributed by atoms with Crippen molar-refractivity contribution in [2.75, 3.05) is 25.9 Å². The minimum Gasteiger partial charge on any atom is -0.467 e. The molecule has 0 saturated carbocycles. The fourth-order valence-electron chi connectivity index (χ4n) is 1.95. The van der Waals surface area contributed by atoms with Gasteiger partial charge in [-0.3, -0.25) is 4.79 Å². The van der Waals surface area contributed by atoms with Crippen LogP contribution in [0.5, 0.6) is 0 Å². The number of carbonyl (C=O) groups excluding carboxylic acids is 1. The van der Waals surface area contributed by atoms with E-state index in [4.69, 9.17) is 16.6 Å². The number of thiocarbonyl (C=S) groups is 1. The van der Waals surface area contributed by atoms with Crippen molar-refractivity contribution >= 4 is 34.2 Å². The first kappa shape index (κ1) is 14.4. The Morgan fingerprint density at radius 1 is 1.53 bits per heavy atom. The minimum atomic E-state index is 0.0722. The highest BCUT2D eigenvalue weighted by atomic mass is 32.2. The highest BCUT2D eigenvalue weighted by Gasteiger charge is 2.17. The zero-order valence-electron chi connectivity index (χ0n) is 11.0. The fraction of sp³-hybridized carbons (Fsp3) is 0.538. The van der Waals surface area contributed by atoms with Crippen LogP contribution in [0.15, 0.2) is 22.8 Å². The SMILES string of the molecule is CN(Cc1ccco1)C(=O)CSC(=S)N1CCCC1. The van der Waals surface area contributed by atoms with Gasteiger partial charge in [-0.15, -0.1) is 0 Å². The molecule has 6 heteroatoms. The Morgan fingerprint density at radius 2 is 2.26 bits per heavy atom. The van der Waals surface area contributed by atoms with Crippen LogP contribution in [0.4, 0.5) is 0 Å². The molecule has 1 aromatic heterocycles. The molecule has 19 heavy (non-hydrogen) atoms. The summed E-state index contributed by atoms with van der Waals surface area (Å²) in [5.74, 6) is 1.26. The van der Waals surface area contributed by atoms with Gasteiger partial charge in [-0.05, 0) is 25.0 Å². The van der Waals surface area contributed by atoms with Gasteiger partial charge in [0.2, 0.25) is 5.91 Å². The van der Waals surface area contributed by atoms with Gasteiger partial charge in [0.1, 0.15) is 10.1 Å². The molecule has 2 heterocycles. The van der Waals surface area contributed by atoms with Crippen LogP contribution >= 0.6 is 24.0 Å². The summed E-state index contributed by atoms with van der Waals surface area (Å²) in [5, 5.41) is 0. The Hall–Kier alpha value is -1.01. The van der Waals surface area contributed by atoms with Gasteiger partial charge >= 0.3 is 0 Å². The average molecular weight is 298 g/mol. The molecule has 0 unspecified atom stereocenters. The van der Waals surface area contributed by atoms with Crippen LogP contribution in [0.3, 0.4) is 0 Å². The first-order valence-corrected chi connectivity index (χ1v) is 7.74. The van der Waals surface area contributed by atoms with E-state index in [2.05, 4.69) is 4.90 Å². The Kier molecular flexibility index (Phi) is 5.27. The molecule has 104 valence electrons. The van der Waals surface area contributed by atoms with Crippen LogP contribution in [-0.2, 0) is 11.3 Å². The molecule has 0 N–H and O–H groups in total. The number of amides is 1. The van der Waals surface area contributed by atoms with E-state index in [0.717, 1.165) is 23.2 Å². The normalized spacial score (nSPS) is 14.7. The second-order valence-corrected chi connectivity index (χ2v) is 6.19. The number of rotatable bonds is 4. The van der Waals surface area contributed by atoms with Gasteiger partial charge in [0, 0.05) is 20.1 Å². The van der Waals surface area contributed by atoms with E-state index in [1.54, 1.807) is 18.2 Å². The third-order valence-electron chi connectivity index (χ3n) is 3.08. The zero-order valence-corrected chi connectivity index (χ0v) is 12.6. The summed E-state index contributed by atoms with van der Waals surface area (Å²) >= 11 is 6.79. The molecule has 1 fully saturated rings. The maximum Gasteiger partial charge on any atom is 0.233 e. The highest BCUT2D eigenvalue weighted by Crippen LogP contribution is 2.16. The van der Waals surface area contributed by atoms with Crippen molar-refractivity contribution in [3.8, 4) is 0 Å². The molecule has 1 saturated heterocycles. The van der Waals surface area contributed by atoms with Gasteiger partial charge in [0.15, 0.2) is 0 Å². The van der Waals surface area contributed by atoms with Gasteiger partial charge < -0.3 is 14.2 Å². The molecule has 1 aliphatic rings. The Morgan fingerprint density at radius 3 is 2.89 bits per heavy atom. The third-order valence-corrected chi connectivity index (χ3v) is 4.59. The van der Waals surface area contributed by atoms with Crippen LogP contribution in [-0.4, -0.2) is 45.9 Å². The van der Waals surface area contributed by atoms with Crippen LogP contribution < -0.4 is 0 Å². The van der Waals surface area contributed by atoms with Crippen LogP contribution in [0.25, 0.3) is 0 Å². The second-order valence-electron chi connectivity index (χ2n) is 4.58. The van der Waals surface area contributed by atoms with E-state index < -0.39 is 0 Å². The van der Waals surface area contributed by atoms with Crippen molar-refractivity contribution in [1.29, 1.82) is 0 Å². The number of hydrogen-bond acceptors (Lipinski definition) is 4. The molecule has 0 spiro atoms. The lowest BCUT2D eigenvalue weighted by atomic mass is 10.4. The maximum atomic E-state index is 12.0. The first-order chi connectivity index (χ1) is 9.16. The smallest absolute Gasteiger partial charge is 0.233 e. The molecular weight excluding hydrogens is 280 g/mol. The molecule has 2 rings (SSSR count). The van der Waals surface area contributed by atoms with Crippen molar-refractivity contribution in [2.24, 2.45) is 0 Å². The lowest BCUT2D eigenvalue weighted by Crippen LogP contribution is -2.30. The molecule has 0 aromatic carbocycles. The van der Waals surface area contributed by atoms with Gasteiger partial charge in [0.05, 0.1) is 18.6 Å². The van der Waals surface area contributed by atoms with E-state index in [0.29, 0.717) is 12.3 Å². The number of thioether (sulfide) groups is 1. The lowest BCUT2D eigenvalue weighted by molar-refractivity contribution is -0.127. The maximum absolute atomic E-state index is 12.0. The van der Waals surface area contributed by atoms with Gasteiger partial charge in [0.25, 0.3) is 0 Å². The quantitative estimate of drug-likeness (QED) is 0.798. The number of furan rings is 1. The molecule has 1 aliphatic heterocycles. The molecule has 4 nitrogen and oxygen atoms in total. The van der Waals surface area contributed by atoms with Crippen molar-refractivity contribution < 1.29 is 9.21 Å². The largest absolute Gasteiger partial charge is 0.467 e. The average Bonchev–Trinajstić information content (AvgIpc) is 3.07. The summed E-state index contributed by atoms with van der Waals surface area (Å²) in [5.41, 5.74) is 0. The summed E-state index contributed by atoms with van der Waals surface area (Å²) < 4.78 is 6.07. The Bertz CT molecular complexity index is 428. The molecule has 1 amide bonds. The molecule has 0 aliphatic carbocycles. The molecule has 0 atom stereocenters. The lowest BCUT2D eigenvalue weighted by Gasteiger charge is -2.19. The molecule has 0 radical (unpaired) electrons. The standard InChI is InChI=1S/C13H18N2O2S2/c1-14(9-11-5-4-8-17-11)12(16)10-19-13(18)15-6-2-3-7-15/h4-5,8H,2-3,6-7,9-10H2,1H3. The highest BCUT2D eigenvalue weighted by molar-refractivity contribution is 8.23. The number of likely N-dealkylation sites (tertiary alicyclic amines) is 1. The van der Waals surface area contributed by atoms with Gasteiger partial charge in [-0.25, -0.2) is 0 Å². The number of carbonyl (C=O) groups is 1. The molecular formula is C13H18N2O2S2. The topological polar surface area (TPSA) is 36.7 Å². The predicted octanol–water partition coefficient (Wildman–Crippen LogP) is 2.35. The molecule has 1 aromatic rings. The van der Waals surface area contributed by atoms with E-state index in [-0.39, 0.29) is 5.91 Å². The van der Waals surface area contributed by atoms with Gasteiger partial charge in [-0.2, -0.15) is 0 Å². The number of nitrogens with zero attached hydrogens (tertiary/aromatic N) is 2. The first-order valence-electron chi connectivity index (χ1n) is 6.35. The second kappa shape index (κ2) is 6.96. The Labute approximate surface area is 123 Å². The van der Waals surface area contributed by atoms with E-state index in [1.165, 1.54) is 24.6 Å². The summed E-state index contributed by atoms with van der Waals surface area (Å²) in [4.78, 5) is 15.8. The van der Waals surface area contributed by atoms with E-state index >= 15 is 0 Å². The summed E-state index contributed by atoms with van der Waals surface area (Å²) in [6.45, 7) is 2.56. The van der Waals surface area contributed by atoms with E-state index in [9.17, 15) is 4.79 Å². The monoisotopic (exact) mass is 298 g/mol. The van der Waals surface area contributed by atoms with Crippen LogP contribution in [0.2, 0.25) is 0 Å². The summed E-state index contributed by atoms with van der Waals surface area (Å²) in [6, 6.07) is 3.69. The van der Waals surface area contributed by atoms with Crippen LogP contribution in [0, 0.1) is 0 Å². The summed E-state index contributed by atoms with van der Waals surface area (Å²) in [6.07, 6.45) is 4.02. The molecule has 0 bridgehead atoms. The number of hydrogen-bond donors (Lipinski definition) is 0. The zero-order chi connectivity index (χ0) is 13.7. The summed E-state index contributed by atoms with van der Waals surface area (Å²) in [7, 11) is 1.78.